The van der Waals surface area contributed by atoms with E-state index in [-0.39, 0.29) is 0 Å². The molecule has 0 saturated carbocycles. The Morgan fingerprint density at radius 2 is 2.33 bits per heavy atom. The Morgan fingerprint density at radius 1 is 1.47 bits per heavy atom. The van der Waals surface area contributed by atoms with Crippen LogP contribution in [0, 0.1) is 6.92 Å². The Labute approximate surface area is 91.1 Å². The minimum absolute atomic E-state index is 0.635. The Bertz CT molecular complexity index is 438. The highest BCUT2D eigenvalue weighted by molar-refractivity contribution is 7.09. The first-order valence-electron chi connectivity index (χ1n) is 4.49. The zero-order valence-corrected chi connectivity index (χ0v) is 9.36. The number of hydrogen-bond donors (Lipinski definition) is 0. The molecule has 2 heterocycles. The maximum absolute atomic E-state index is 5.01. The summed E-state index contributed by atoms with van der Waals surface area (Å²) in [5, 5.41) is 11.9. The molecule has 0 fully saturated rings. The van der Waals surface area contributed by atoms with E-state index >= 15 is 0 Å². The van der Waals surface area contributed by atoms with E-state index in [1.165, 1.54) is 11.5 Å². The summed E-state index contributed by atoms with van der Waals surface area (Å²) in [7, 11) is 1.67. The van der Waals surface area contributed by atoms with Gasteiger partial charge in [-0.2, -0.15) is 0 Å². The molecule has 0 amide bonds. The van der Waals surface area contributed by atoms with Gasteiger partial charge in [-0.05, 0) is 18.5 Å². The Hall–Kier alpha value is -1.34. The predicted octanol–water partition coefficient (Wildman–Crippen LogP) is 0.751. The number of ether oxygens (including phenoxy) is 1. The highest BCUT2D eigenvalue weighted by atomic mass is 32.1. The second-order valence-corrected chi connectivity index (χ2v) is 3.78. The molecule has 15 heavy (non-hydrogen) atoms. The molecule has 0 aliphatic heterocycles. The molecule has 0 saturated heterocycles. The van der Waals surface area contributed by atoms with E-state index in [9.17, 15) is 0 Å². The van der Waals surface area contributed by atoms with Crippen molar-refractivity contribution in [1.82, 2.24) is 24.4 Å². The summed E-state index contributed by atoms with van der Waals surface area (Å²) in [5.74, 6) is 0.805. The number of hydrogen-bond acceptors (Lipinski definition) is 6. The average molecular weight is 225 g/mol. The van der Waals surface area contributed by atoms with Crippen LogP contribution in [-0.2, 0) is 11.3 Å². The van der Waals surface area contributed by atoms with Crippen LogP contribution < -0.4 is 0 Å². The van der Waals surface area contributed by atoms with Crippen molar-refractivity contribution in [1.29, 1.82) is 0 Å². The third-order valence-corrected chi connectivity index (χ3v) is 2.83. The molecule has 6 nitrogen and oxygen atoms in total. The quantitative estimate of drug-likeness (QED) is 0.768. The first kappa shape index (κ1) is 10.2. The SMILES string of the molecule is COCCn1cnnc1-c1snnc1C. The van der Waals surface area contributed by atoms with Gasteiger partial charge in [-0.3, -0.25) is 0 Å². The van der Waals surface area contributed by atoms with Crippen LogP contribution in [0.15, 0.2) is 6.33 Å². The van der Waals surface area contributed by atoms with E-state index in [1.54, 1.807) is 13.4 Å². The van der Waals surface area contributed by atoms with Gasteiger partial charge in [-0.25, -0.2) is 0 Å². The lowest BCUT2D eigenvalue weighted by molar-refractivity contribution is 0.187. The summed E-state index contributed by atoms with van der Waals surface area (Å²) >= 11 is 1.33. The number of nitrogens with zero attached hydrogens (tertiary/aromatic N) is 5. The van der Waals surface area contributed by atoms with E-state index < -0.39 is 0 Å². The van der Waals surface area contributed by atoms with E-state index in [0.717, 1.165) is 22.9 Å². The van der Waals surface area contributed by atoms with Gasteiger partial charge in [0.25, 0.3) is 0 Å². The molecular weight excluding hydrogens is 214 g/mol. The van der Waals surface area contributed by atoms with Gasteiger partial charge in [0.05, 0.1) is 12.3 Å². The summed E-state index contributed by atoms with van der Waals surface area (Å²) in [6, 6.07) is 0. The van der Waals surface area contributed by atoms with Crippen LogP contribution in [-0.4, -0.2) is 38.1 Å². The van der Waals surface area contributed by atoms with Gasteiger partial charge in [-0.1, -0.05) is 4.49 Å². The highest BCUT2D eigenvalue weighted by Crippen LogP contribution is 2.22. The molecule has 0 aromatic carbocycles. The van der Waals surface area contributed by atoms with Crippen molar-refractivity contribution in [2.45, 2.75) is 13.5 Å². The molecule has 0 bridgehead atoms. The van der Waals surface area contributed by atoms with Crippen molar-refractivity contribution < 1.29 is 4.74 Å². The number of aromatic nitrogens is 5. The molecule has 7 heteroatoms. The monoisotopic (exact) mass is 225 g/mol. The smallest absolute Gasteiger partial charge is 0.177 e. The first-order chi connectivity index (χ1) is 7.33. The van der Waals surface area contributed by atoms with Crippen LogP contribution in [0.25, 0.3) is 10.7 Å². The van der Waals surface area contributed by atoms with Gasteiger partial charge < -0.3 is 9.30 Å². The summed E-state index contributed by atoms with van der Waals surface area (Å²) < 4.78 is 10.8. The van der Waals surface area contributed by atoms with Gasteiger partial charge in [0.1, 0.15) is 11.2 Å². The molecule has 80 valence electrons. The summed E-state index contributed by atoms with van der Waals surface area (Å²) in [5.41, 5.74) is 0.881. The van der Waals surface area contributed by atoms with Crippen molar-refractivity contribution in [3.63, 3.8) is 0 Å². The minimum Gasteiger partial charge on any atom is -0.383 e. The van der Waals surface area contributed by atoms with Crippen LogP contribution >= 0.6 is 11.5 Å². The maximum Gasteiger partial charge on any atom is 0.177 e. The number of rotatable bonds is 4. The molecule has 0 unspecified atom stereocenters. The molecule has 0 radical (unpaired) electrons. The fourth-order valence-electron chi connectivity index (χ4n) is 1.22. The third-order valence-electron chi connectivity index (χ3n) is 2.01. The lowest BCUT2D eigenvalue weighted by Gasteiger charge is -2.03. The average Bonchev–Trinajstić information content (AvgIpc) is 2.82. The van der Waals surface area contributed by atoms with Crippen molar-refractivity contribution in [3.05, 3.63) is 12.0 Å². The fourth-order valence-corrected chi connectivity index (χ4v) is 1.88. The van der Waals surface area contributed by atoms with Crippen LogP contribution in [0.2, 0.25) is 0 Å². The van der Waals surface area contributed by atoms with E-state index in [2.05, 4.69) is 19.8 Å². The van der Waals surface area contributed by atoms with Gasteiger partial charge >= 0.3 is 0 Å². The zero-order chi connectivity index (χ0) is 10.7. The van der Waals surface area contributed by atoms with Gasteiger partial charge in [0.2, 0.25) is 0 Å². The van der Waals surface area contributed by atoms with E-state index in [4.69, 9.17) is 4.74 Å². The second-order valence-electron chi connectivity index (χ2n) is 3.03. The van der Waals surface area contributed by atoms with Crippen LogP contribution in [0.1, 0.15) is 5.69 Å². The summed E-state index contributed by atoms with van der Waals surface area (Å²) in [6.45, 7) is 3.28. The van der Waals surface area contributed by atoms with Gasteiger partial charge in [-0.15, -0.1) is 15.3 Å². The molecule has 0 spiro atoms. The standard InChI is InChI=1S/C8H11N5OS/c1-6-7(15-12-10-6)8-11-9-5-13(8)3-4-14-2/h5H,3-4H2,1-2H3. The van der Waals surface area contributed by atoms with E-state index in [0.29, 0.717) is 6.61 Å². The molecule has 0 aliphatic rings. The lowest BCUT2D eigenvalue weighted by Crippen LogP contribution is -2.04. The van der Waals surface area contributed by atoms with Crippen LogP contribution in [0.3, 0.4) is 0 Å². The van der Waals surface area contributed by atoms with Crippen LogP contribution in [0.4, 0.5) is 0 Å². The second kappa shape index (κ2) is 4.45. The summed E-state index contributed by atoms with van der Waals surface area (Å²) in [4.78, 5) is 0.962. The topological polar surface area (TPSA) is 65.7 Å². The summed E-state index contributed by atoms with van der Waals surface area (Å²) in [6.07, 6.45) is 1.69. The first-order valence-corrected chi connectivity index (χ1v) is 5.26. The van der Waals surface area contributed by atoms with Gasteiger partial charge in [0.15, 0.2) is 5.82 Å². The molecule has 2 aromatic heterocycles. The van der Waals surface area contributed by atoms with Crippen molar-refractivity contribution in [2.24, 2.45) is 0 Å². The van der Waals surface area contributed by atoms with E-state index in [1.807, 2.05) is 11.5 Å². The largest absolute Gasteiger partial charge is 0.383 e. The maximum atomic E-state index is 5.01. The number of methoxy groups -OCH3 is 1. The fraction of sp³-hybridized carbons (Fsp3) is 0.500. The normalized spacial score (nSPS) is 10.8. The van der Waals surface area contributed by atoms with Crippen molar-refractivity contribution in [3.8, 4) is 10.7 Å². The highest BCUT2D eigenvalue weighted by Gasteiger charge is 2.12. The molecule has 0 N–H and O–H groups in total. The van der Waals surface area contributed by atoms with Crippen molar-refractivity contribution in [2.75, 3.05) is 13.7 Å². The molecule has 2 aromatic rings. The zero-order valence-electron chi connectivity index (χ0n) is 8.54. The third kappa shape index (κ3) is 2.02. The molecule has 2 rings (SSSR count). The lowest BCUT2D eigenvalue weighted by atomic mass is 10.4. The Morgan fingerprint density at radius 3 is 3.00 bits per heavy atom. The van der Waals surface area contributed by atoms with Crippen LogP contribution in [0.5, 0.6) is 0 Å². The molecule has 0 atom stereocenters. The van der Waals surface area contributed by atoms with Gasteiger partial charge in [0, 0.05) is 13.7 Å². The minimum atomic E-state index is 0.635. The predicted molar refractivity (Wildman–Crippen MR) is 55.5 cm³/mol. The Balaban J connectivity index is 2.29. The molecular formula is C8H11N5OS. The Kier molecular flexibility index (Phi) is 3.02. The number of aryl methyl sites for hydroxylation is 1. The molecule has 0 aliphatic carbocycles. The van der Waals surface area contributed by atoms with Crippen molar-refractivity contribution >= 4 is 11.5 Å².